The number of benzene rings is 2. The molecule has 2 atom stereocenters. The smallest absolute Gasteiger partial charge is 0.226 e. The van der Waals surface area contributed by atoms with Gasteiger partial charge >= 0.3 is 0 Å². The van der Waals surface area contributed by atoms with Gasteiger partial charge in [0.2, 0.25) is 5.91 Å². The van der Waals surface area contributed by atoms with Gasteiger partial charge in [-0.1, -0.05) is 6.07 Å². The first-order chi connectivity index (χ1) is 18.4. The summed E-state index contributed by atoms with van der Waals surface area (Å²) in [5.41, 5.74) is 4.60. The van der Waals surface area contributed by atoms with Crippen LogP contribution >= 0.6 is 12.2 Å². The van der Waals surface area contributed by atoms with Crippen LogP contribution in [0.15, 0.2) is 91.3 Å². The van der Waals surface area contributed by atoms with Gasteiger partial charge in [-0.25, -0.2) is 4.39 Å². The number of rotatable bonds is 8. The topological polar surface area (TPSA) is 65.4 Å². The molecule has 7 nitrogen and oxygen atoms in total. The molecule has 1 saturated heterocycles. The molecule has 2 unspecified atom stereocenters. The van der Waals surface area contributed by atoms with E-state index in [2.05, 4.69) is 60.3 Å². The van der Waals surface area contributed by atoms with Crippen LogP contribution in [0.1, 0.15) is 29.9 Å². The predicted octanol–water partition coefficient (Wildman–Crippen LogP) is 5.08. The van der Waals surface area contributed by atoms with Crippen LogP contribution < -0.4 is 15.5 Å². The van der Waals surface area contributed by atoms with Crippen molar-refractivity contribution in [1.29, 1.82) is 0 Å². The number of hydrogen-bond acceptors (Lipinski definition) is 4. The van der Waals surface area contributed by atoms with Crippen LogP contribution in [0.4, 0.5) is 15.8 Å². The molecule has 1 aliphatic rings. The maximum Gasteiger partial charge on any atom is 0.226 e. The second-order valence-corrected chi connectivity index (χ2v) is 9.73. The molecular formula is C29H29FN6OS. The number of anilines is 2. The van der Waals surface area contributed by atoms with Gasteiger partial charge in [-0.05, 0) is 85.0 Å². The van der Waals surface area contributed by atoms with E-state index in [4.69, 9.17) is 12.2 Å². The molecule has 0 saturated carbocycles. The molecule has 4 aromatic rings. The molecule has 1 amide bonds. The molecule has 1 aliphatic heterocycles. The van der Waals surface area contributed by atoms with Gasteiger partial charge < -0.3 is 25.0 Å². The molecule has 9 heteroatoms. The largest absolute Gasteiger partial charge is 0.378 e. The minimum Gasteiger partial charge on any atom is -0.378 e. The summed E-state index contributed by atoms with van der Waals surface area (Å²) in [5.74, 6) is -0.520. The Morgan fingerprint density at radius 3 is 2.50 bits per heavy atom. The third-order valence-electron chi connectivity index (χ3n) is 6.63. The van der Waals surface area contributed by atoms with Gasteiger partial charge in [0.25, 0.3) is 0 Å². The zero-order valence-electron chi connectivity index (χ0n) is 21.2. The Kier molecular flexibility index (Phi) is 7.37. The lowest BCUT2D eigenvalue weighted by atomic mass is 10.0. The minimum atomic E-state index is -0.348. The van der Waals surface area contributed by atoms with Gasteiger partial charge in [-0.15, -0.1) is 0 Å². The van der Waals surface area contributed by atoms with Gasteiger partial charge in [0, 0.05) is 62.2 Å². The van der Waals surface area contributed by atoms with Crippen LogP contribution in [0.5, 0.6) is 0 Å². The van der Waals surface area contributed by atoms with Crippen molar-refractivity contribution < 1.29 is 9.18 Å². The summed E-state index contributed by atoms with van der Waals surface area (Å²) in [4.78, 5) is 21.5. The molecule has 0 radical (unpaired) electrons. The van der Waals surface area contributed by atoms with Gasteiger partial charge in [-0.3, -0.25) is 9.78 Å². The molecule has 0 aliphatic carbocycles. The third-order valence-corrected chi connectivity index (χ3v) is 6.99. The van der Waals surface area contributed by atoms with Crippen LogP contribution in [-0.2, 0) is 4.79 Å². The van der Waals surface area contributed by atoms with E-state index >= 15 is 0 Å². The number of pyridine rings is 1. The molecule has 2 aromatic heterocycles. The fraction of sp³-hybridized carbons (Fsp3) is 0.207. The van der Waals surface area contributed by atoms with Crippen molar-refractivity contribution in [1.82, 2.24) is 19.8 Å². The fourth-order valence-corrected chi connectivity index (χ4v) is 5.06. The van der Waals surface area contributed by atoms with Crippen LogP contribution in [0.2, 0.25) is 0 Å². The van der Waals surface area contributed by atoms with Gasteiger partial charge in [0.1, 0.15) is 5.82 Å². The fourth-order valence-electron chi connectivity index (χ4n) is 4.73. The van der Waals surface area contributed by atoms with Gasteiger partial charge in [-0.2, -0.15) is 0 Å². The molecule has 194 valence electrons. The van der Waals surface area contributed by atoms with Crippen molar-refractivity contribution in [3.05, 3.63) is 108 Å². The van der Waals surface area contributed by atoms with Crippen molar-refractivity contribution in [2.45, 2.75) is 18.5 Å². The molecule has 0 spiro atoms. The van der Waals surface area contributed by atoms with Crippen LogP contribution in [0.3, 0.4) is 0 Å². The number of nitrogens with zero attached hydrogens (tertiary/aromatic N) is 4. The number of carbonyl (C=O) groups excluding carboxylic acids is 1. The van der Waals surface area contributed by atoms with Gasteiger partial charge in [0.15, 0.2) is 5.11 Å². The number of amides is 1. The molecule has 1 fully saturated rings. The van der Waals surface area contributed by atoms with E-state index in [9.17, 15) is 9.18 Å². The lowest BCUT2D eigenvalue weighted by Crippen LogP contribution is -2.33. The lowest BCUT2D eigenvalue weighted by Gasteiger charge is -2.29. The second-order valence-electron chi connectivity index (χ2n) is 9.34. The quantitative estimate of drug-likeness (QED) is 0.311. The molecule has 2 aromatic carbocycles. The highest BCUT2D eigenvalue weighted by Gasteiger charge is 2.41. The molecule has 3 heterocycles. The van der Waals surface area contributed by atoms with Crippen LogP contribution in [0.25, 0.3) is 5.69 Å². The van der Waals surface area contributed by atoms with Crippen molar-refractivity contribution in [3.63, 3.8) is 0 Å². The maximum atomic E-state index is 13.2. The molecule has 2 N–H and O–H groups in total. The summed E-state index contributed by atoms with van der Waals surface area (Å²) in [7, 11) is 4.03. The minimum absolute atomic E-state index is 0.172. The number of thiocarbonyl (C=S) groups is 1. The molecular weight excluding hydrogens is 499 g/mol. The first-order valence-corrected chi connectivity index (χ1v) is 12.8. The maximum absolute atomic E-state index is 13.2. The van der Waals surface area contributed by atoms with E-state index in [1.54, 1.807) is 18.3 Å². The first kappa shape index (κ1) is 25.4. The van der Waals surface area contributed by atoms with E-state index in [0.29, 0.717) is 17.3 Å². The Morgan fingerprint density at radius 2 is 1.82 bits per heavy atom. The highest BCUT2D eigenvalue weighted by Crippen LogP contribution is 2.39. The lowest BCUT2D eigenvalue weighted by molar-refractivity contribution is -0.116. The number of nitrogens with one attached hydrogen (secondary N) is 2. The third kappa shape index (κ3) is 5.38. The monoisotopic (exact) mass is 528 g/mol. The number of halogens is 1. The van der Waals surface area contributed by atoms with Crippen molar-refractivity contribution in [2.24, 2.45) is 0 Å². The average Bonchev–Trinajstić information content (AvgIpc) is 3.53. The number of hydrogen-bond donors (Lipinski definition) is 2. The Hall–Kier alpha value is -4.24. The van der Waals surface area contributed by atoms with Gasteiger partial charge in [0.05, 0.1) is 17.8 Å². The van der Waals surface area contributed by atoms with Crippen molar-refractivity contribution in [2.75, 3.05) is 30.9 Å². The summed E-state index contributed by atoms with van der Waals surface area (Å²) < 4.78 is 15.4. The average molecular weight is 529 g/mol. The summed E-state index contributed by atoms with van der Waals surface area (Å²) >= 11 is 5.77. The Labute approximate surface area is 226 Å². The summed E-state index contributed by atoms with van der Waals surface area (Å²) in [5, 5.41) is 6.84. The SMILES string of the molecule is CN(C)c1ccc(-n2cccc2C2C(c3ccccn3)NC(=S)N2CCC(=O)Nc2ccc(F)cc2)cc1. The normalized spacial score (nSPS) is 16.8. The molecule has 5 rings (SSSR count). The predicted molar refractivity (Wildman–Crippen MR) is 152 cm³/mol. The van der Waals surface area contributed by atoms with E-state index in [0.717, 1.165) is 22.8 Å². The number of carbonyl (C=O) groups is 1. The van der Waals surface area contributed by atoms with Crippen molar-refractivity contribution >= 4 is 34.6 Å². The highest BCUT2D eigenvalue weighted by molar-refractivity contribution is 7.80. The van der Waals surface area contributed by atoms with Crippen LogP contribution in [-0.4, -0.2) is 46.1 Å². The first-order valence-electron chi connectivity index (χ1n) is 12.4. The van der Waals surface area contributed by atoms with E-state index in [-0.39, 0.29) is 30.2 Å². The zero-order chi connectivity index (χ0) is 26.6. The van der Waals surface area contributed by atoms with E-state index in [1.807, 2.05) is 44.6 Å². The van der Waals surface area contributed by atoms with Crippen molar-refractivity contribution in [3.8, 4) is 5.69 Å². The van der Waals surface area contributed by atoms with Crippen LogP contribution in [0, 0.1) is 5.82 Å². The van der Waals surface area contributed by atoms with E-state index in [1.165, 1.54) is 12.1 Å². The number of aromatic nitrogens is 2. The van der Waals surface area contributed by atoms with E-state index < -0.39 is 0 Å². The molecule has 38 heavy (non-hydrogen) atoms. The second kappa shape index (κ2) is 11.0. The Morgan fingerprint density at radius 1 is 1.05 bits per heavy atom. The Bertz CT molecular complexity index is 1410. The Balaban J connectivity index is 1.43. The molecule has 0 bridgehead atoms. The summed E-state index contributed by atoms with van der Waals surface area (Å²) in [6, 6.07) is 23.6. The summed E-state index contributed by atoms with van der Waals surface area (Å²) in [6.45, 7) is 0.400. The summed E-state index contributed by atoms with van der Waals surface area (Å²) in [6.07, 6.45) is 4.02. The highest BCUT2D eigenvalue weighted by atomic mass is 32.1. The standard InChI is InChI=1S/C29H29FN6OS/c1-34(2)22-12-14-23(15-13-22)35-18-5-7-25(35)28-27(24-6-3-4-17-31-24)33-29(38)36(28)19-16-26(37)32-21-10-8-20(30)9-11-21/h3-15,17-18,27-28H,16,19H2,1-2H3,(H,32,37)(H,33,38). The zero-order valence-corrected chi connectivity index (χ0v) is 22.0.